The number of carbonyl (C=O) groups excluding carboxylic acids is 4. The second-order valence-electron chi connectivity index (χ2n) is 7.76. The lowest BCUT2D eigenvalue weighted by Gasteiger charge is -2.33. The lowest BCUT2D eigenvalue weighted by Crippen LogP contribution is -2.49. The van der Waals surface area contributed by atoms with E-state index >= 15 is 0 Å². The third-order valence-electron chi connectivity index (χ3n) is 5.46. The average Bonchev–Trinajstić information content (AvgIpc) is 2.97. The van der Waals surface area contributed by atoms with E-state index in [1.54, 1.807) is 12.1 Å². The Balaban J connectivity index is 1.36. The van der Waals surface area contributed by atoms with Crippen molar-refractivity contribution in [2.24, 2.45) is 5.92 Å². The fraction of sp³-hybridized carbons (Fsp3) is 0.524. The van der Waals surface area contributed by atoms with E-state index in [1.807, 2.05) is 18.2 Å². The topological polar surface area (TPSA) is 114 Å². The Morgan fingerprint density at radius 3 is 2.60 bits per heavy atom. The minimum Gasteiger partial charge on any atom is -0.492 e. The normalized spacial score (nSPS) is 23.2. The number of nitrogens with one attached hydrogen (secondary N) is 2. The molecule has 0 unspecified atom stereocenters. The molecule has 2 aliphatic rings. The highest BCUT2D eigenvalue weighted by Crippen LogP contribution is 2.36. The highest BCUT2D eigenvalue weighted by Gasteiger charge is 2.52. The molecule has 2 N–H and O–H groups in total. The maximum atomic E-state index is 12.7. The molecule has 0 radical (unpaired) electrons. The molecule has 1 aromatic carbocycles. The smallest absolute Gasteiger partial charge is 0.326 e. The van der Waals surface area contributed by atoms with Crippen LogP contribution in [0.15, 0.2) is 30.3 Å². The van der Waals surface area contributed by atoms with Crippen LogP contribution < -0.4 is 15.4 Å². The molecule has 30 heavy (non-hydrogen) atoms. The van der Waals surface area contributed by atoms with Crippen LogP contribution in [0.5, 0.6) is 5.75 Å². The predicted molar refractivity (Wildman–Crippen MR) is 107 cm³/mol. The minimum absolute atomic E-state index is 0.249. The Kier molecular flexibility index (Phi) is 6.91. The zero-order valence-electron chi connectivity index (χ0n) is 17.0. The number of hydrogen-bond donors (Lipinski definition) is 2. The molecule has 9 nitrogen and oxygen atoms in total. The summed E-state index contributed by atoms with van der Waals surface area (Å²) in [6.07, 6.45) is 2.83. The summed E-state index contributed by atoms with van der Waals surface area (Å²) in [5.41, 5.74) is -0.903. The molecule has 0 bridgehead atoms. The van der Waals surface area contributed by atoms with E-state index < -0.39 is 36.6 Å². The molecule has 1 spiro atoms. The maximum absolute atomic E-state index is 12.7. The Hall–Kier alpha value is -3.10. The van der Waals surface area contributed by atoms with E-state index in [-0.39, 0.29) is 19.1 Å². The molecule has 162 valence electrons. The summed E-state index contributed by atoms with van der Waals surface area (Å²) in [5.74, 6) is -0.489. The van der Waals surface area contributed by atoms with Gasteiger partial charge < -0.3 is 20.1 Å². The van der Waals surface area contributed by atoms with Gasteiger partial charge >= 0.3 is 12.0 Å². The van der Waals surface area contributed by atoms with Crippen molar-refractivity contribution in [1.29, 1.82) is 0 Å². The number of rotatable bonds is 8. The van der Waals surface area contributed by atoms with Crippen molar-refractivity contribution < 1.29 is 28.7 Å². The standard InChI is InChI=1S/C21H27N3O6/c1-15-7-9-21(10-8-15)19(27)24(20(28)23-21)13-18(26)30-14-17(25)22-11-12-29-16-5-3-2-4-6-16/h2-6,15H,7-14H2,1H3,(H,22,25)(H,23,28). The lowest BCUT2D eigenvalue weighted by molar-refractivity contribution is -0.151. The predicted octanol–water partition coefficient (Wildman–Crippen LogP) is 1.23. The number of benzene rings is 1. The summed E-state index contributed by atoms with van der Waals surface area (Å²) in [7, 11) is 0. The highest BCUT2D eigenvalue weighted by molar-refractivity contribution is 6.08. The Labute approximate surface area is 175 Å². The van der Waals surface area contributed by atoms with Crippen LogP contribution in [0.1, 0.15) is 32.6 Å². The maximum Gasteiger partial charge on any atom is 0.326 e. The van der Waals surface area contributed by atoms with Crippen molar-refractivity contribution in [1.82, 2.24) is 15.5 Å². The average molecular weight is 417 g/mol. The van der Waals surface area contributed by atoms with Gasteiger partial charge in [-0.3, -0.25) is 19.3 Å². The first-order chi connectivity index (χ1) is 14.4. The molecule has 2 fully saturated rings. The van der Waals surface area contributed by atoms with Crippen molar-refractivity contribution in [3.05, 3.63) is 30.3 Å². The Bertz CT molecular complexity index is 789. The van der Waals surface area contributed by atoms with Crippen LogP contribution in [-0.4, -0.2) is 60.6 Å². The quantitative estimate of drug-likeness (QED) is 0.374. The number of para-hydroxylation sites is 1. The van der Waals surface area contributed by atoms with Crippen molar-refractivity contribution in [2.45, 2.75) is 38.1 Å². The number of urea groups is 1. The van der Waals surface area contributed by atoms with Gasteiger partial charge in [0, 0.05) is 0 Å². The molecule has 0 atom stereocenters. The van der Waals surface area contributed by atoms with Crippen LogP contribution >= 0.6 is 0 Å². The number of hydrogen-bond acceptors (Lipinski definition) is 6. The first kappa shape index (κ1) is 21.6. The number of carbonyl (C=O) groups is 4. The van der Waals surface area contributed by atoms with E-state index in [4.69, 9.17) is 9.47 Å². The molecule has 3 rings (SSSR count). The third kappa shape index (κ3) is 5.28. The molecule has 1 aromatic rings. The molecular formula is C21H27N3O6. The van der Waals surface area contributed by atoms with E-state index in [0.717, 1.165) is 17.7 Å². The van der Waals surface area contributed by atoms with Crippen molar-refractivity contribution in [3.8, 4) is 5.75 Å². The molecule has 1 saturated heterocycles. The molecule has 4 amide bonds. The van der Waals surface area contributed by atoms with Gasteiger partial charge in [0.2, 0.25) is 0 Å². The Morgan fingerprint density at radius 2 is 1.90 bits per heavy atom. The van der Waals surface area contributed by atoms with E-state index in [0.29, 0.717) is 24.5 Å². The molecule has 1 aliphatic heterocycles. The second-order valence-corrected chi connectivity index (χ2v) is 7.76. The summed E-state index contributed by atoms with van der Waals surface area (Å²) < 4.78 is 10.3. The third-order valence-corrected chi connectivity index (χ3v) is 5.46. The zero-order chi connectivity index (χ0) is 21.6. The van der Waals surface area contributed by atoms with Gasteiger partial charge in [0.05, 0.1) is 6.54 Å². The number of esters is 1. The van der Waals surface area contributed by atoms with Crippen LogP contribution in [-0.2, 0) is 19.1 Å². The van der Waals surface area contributed by atoms with Crippen LogP contribution in [0, 0.1) is 5.92 Å². The number of imide groups is 1. The molecular weight excluding hydrogens is 390 g/mol. The van der Waals surface area contributed by atoms with Crippen LogP contribution in [0.25, 0.3) is 0 Å². The Morgan fingerprint density at radius 1 is 1.20 bits per heavy atom. The van der Waals surface area contributed by atoms with E-state index in [9.17, 15) is 19.2 Å². The molecule has 0 aromatic heterocycles. The van der Waals surface area contributed by atoms with Gasteiger partial charge in [0.1, 0.15) is 24.4 Å². The fourth-order valence-electron chi connectivity index (χ4n) is 3.66. The largest absolute Gasteiger partial charge is 0.492 e. The highest BCUT2D eigenvalue weighted by atomic mass is 16.5. The monoisotopic (exact) mass is 417 g/mol. The number of amides is 4. The molecule has 1 saturated carbocycles. The zero-order valence-corrected chi connectivity index (χ0v) is 17.0. The van der Waals surface area contributed by atoms with Gasteiger partial charge in [0.25, 0.3) is 11.8 Å². The first-order valence-electron chi connectivity index (χ1n) is 10.1. The van der Waals surface area contributed by atoms with E-state index in [2.05, 4.69) is 17.6 Å². The summed E-state index contributed by atoms with van der Waals surface area (Å²) >= 11 is 0. The summed E-state index contributed by atoms with van der Waals surface area (Å²) in [4.78, 5) is 49.6. The van der Waals surface area contributed by atoms with Gasteiger partial charge in [-0.1, -0.05) is 25.1 Å². The van der Waals surface area contributed by atoms with Crippen molar-refractivity contribution in [3.63, 3.8) is 0 Å². The van der Waals surface area contributed by atoms with Crippen molar-refractivity contribution in [2.75, 3.05) is 26.3 Å². The van der Waals surface area contributed by atoms with Gasteiger partial charge in [-0.05, 0) is 43.7 Å². The van der Waals surface area contributed by atoms with E-state index in [1.165, 1.54) is 0 Å². The van der Waals surface area contributed by atoms with Gasteiger partial charge in [-0.15, -0.1) is 0 Å². The number of nitrogens with zero attached hydrogens (tertiary/aromatic N) is 1. The van der Waals surface area contributed by atoms with Crippen LogP contribution in [0.3, 0.4) is 0 Å². The van der Waals surface area contributed by atoms with Crippen LogP contribution in [0.2, 0.25) is 0 Å². The van der Waals surface area contributed by atoms with Crippen molar-refractivity contribution >= 4 is 23.8 Å². The van der Waals surface area contributed by atoms with Gasteiger partial charge in [-0.2, -0.15) is 0 Å². The fourth-order valence-corrected chi connectivity index (χ4v) is 3.66. The number of ether oxygens (including phenoxy) is 2. The van der Waals surface area contributed by atoms with Gasteiger partial charge in [-0.25, -0.2) is 4.79 Å². The van der Waals surface area contributed by atoms with Gasteiger partial charge in [0.15, 0.2) is 6.61 Å². The first-order valence-corrected chi connectivity index (χ1v) is 10.1. The molecule has 1 heterocycles. The SMILES string of the molecule is CC1CCC2(CC1)NC(=O)N(CC(=O)OCC(=O)NCCOc1ccccc1)C2=O. The summed E-state index contributed by atoms with van der Waals surface area (Å²) in [6, 6.07) is 8.58. The summed E-state index contributed by atoms with van der Waals surface area (Å²) in [6.45, 7) is 1.64. The summed E-state index contributed by atoms with van der Waals surface area (Å²) in [5, 5.41) is 5.31. The second kappa shape index (κ2) is 9.60. The lowest BCUT2D eigenvalue weighted by atomic mass is 9.77. The minimum atomic E-state index is -0.903. The molecule has 1 aliphatic carbocycles. The van der Waals surface area contributed by atoms with Crippen LogP contribution in [0.4, 0.5) is 4.79 Å². The molecule has 9 heteroatoms.